The van der Waals surface area contributed by atoms with E-state index in [1.165, 1.54) is 5.69 Å². The highest BCUT2D eigenvalue weighted by molar-refractivity contribution is 5.94. The Hall–Kier alpha value is -2.01. The van der Waals surface area contributed by atoms with Gasteiger partial charge in [-0.05, 0) is 12.1 Å². The molecule has 2 heterocycles. The third kappa shape index (κ3) is 2.25. The number of piperazine rings is 1. The van der Waals surface area contributed by atoms with Crippen LogP contribution in [0.15, 0.2) is 24.4 Å². The standard InChI is InChI=1S/C15H19N3O2/c1-19-14-9-11-12(10-15(14)20-2)17-4-3-13(11)18-7-5-16-6-8-18/h3-4,9-10,16H,5-8H2,1-2H3. The second-order valence-corrected chi connectivity index (χ2v) is 4.79. The summed E-state index contributed by atoms with van der Waals surface area (Å²) in [6.07, 6.45) is 1.85. The van der Waals surface area contributed by atoms with Gasteiger partial charge < -0.3 is 19.7 Å². The molecule has 0 amide bonds. The number of pyridine rings is 1. The molecule has 0 bridgehead atoms. The molecule has 1 aliphatic rings. The number of hydrogen-bond donors (Lipinski definition) is 1. The van der Waals surface area contributed by atoms with E-state index in [1.54, 1.807) is 14.2 Å². The van der Waals surface area contributed by atoms with Crippen LogP contribution < -0.4 is 19.7 Å². The molecule has 1 fully saturated rings. The fraction of sp³-hybridized carbons (Fsp3) is 0.400. The van der Waals surface area contributed by atoms with Crippen molar-refractivity contribution < 1.29 is 9.47 Å². The van der Waals surface area contributed by atoms with Gasteiger partial charge in [0.15, 0.2) is 11.5 Å². The van der Waals surface area contributed by atoms with Crippen molar-refractivity contribution in [1.82, 2.24) is 10.3 Å². The van der Waals surface area contributed by atoms with Crippen LogP contribution in [0.4, 0.5) is 5.69 Å². The van der Waals surface area contributed by atoms with E-state index in [1.807, 2.05) is 18.3 Å². The smallest absolute Gasteiger partial charge is 0.162 e. The summed E-state index contributed by atoms with van der Waals surface area (Å²) in [7, 11) is 3.30. The monoisotopic (exact) mass is 273 g/mol. The molecule has 0 spiro atoms. The lowest BCUT2D eigenvalue weighted by Gasteiger charge is -2.30. The summed E-state index contributed by atoms with van der Waals surface area (Å²) in [4.78, 5) is 6.82. The van der Waals surface area contributed by atoms with Crippen molar-refractivity contribution in [3.05, 3.63) is 24.4 Å². The zero-order valence-electron chi connectivity index (χ0n) is 11.8. The quantitative estimate of drug-likeness (QED) is 0.921. The molecule has 0 atom stereocenters. The van der Waals surface area contributed by atoms with Gasteiger partial charge in [-0.2, -0.15) is 0 Å². The second-order valence-electron chi connectivity index (χ2n) is 4.79. The average molecular weight is 273 g/mol. The van der Waals surface area contributed by atoms with Gasteiger partial charge in [0.05, 0.1) is 19.7 Å². The normalized spacial score (nSPS) is 15.4. The van der Waals surface area contributed by atoms with Crippen molar-refractivity contribution >= 4 is 16.6 Å². The van der Waals surface area contributed by atoms with Gasteiger partial charge in [-0.25, -0.2) is 0 Å². The molecule has 0 saturated carbocycles. The van der Waals surface area contributed by atoms with Gasteiger partial charge in [-0.15, -0.1) is 0 Å². The fourth-order valence-electron chi connectivity index (χ4n) is 2.64. The van der Waals surface area contributed by atoms with Gasteiger partial charge in [0.25, 0.3) is 0 Å². The highest BCUT2D eigenvalue weighted by atomic mass is 16.5. The van der Waals surface area contributed by atoms with E-state index < -0.39 is 0 Å². The molecule has 5 nitrogen and oxygen atoms in total. The number of benzene rings is 1. The lowest BCUT2D eigenvalue weighted by atomic mass is 10.1. The minimum absolute atomic E-state index is 0.713. The number of fused-ring (bicyclic) bond motifs is 1. The van der Waals surface area contributed by atoms with Crippen LogP contribution in [0.25, 0.3) is 10.9 Å². The lowest BCUT2D eigenvalue weighted by Crippen LogP contribution is -2.43. The Morgan fingerprint density at radius 3 is 2.50 bits per heavy atom. The van der Waals surface area contributed by atoms with Crippen molar-refractivity contribution in [2.75, 3.05) is 45.3 Å². The average Bonchev–Trinajstić information content (AvgIpc) is 2.53. The Labute approximate surface area is 118 Å². The van der Waals surface area contributed by atoms with Crippen molar-refractivity contribution in [2.24, 2.45) is 0 Å². The van der Waals surface area contributed by atoms with E-state index in [2.05, 4.69) is 21.3 Å². The largest absolute Gasteiger partial charge is 0.493 e. The van der Waals surface area contributed by atoms with Crippen molar-refractivity contribution in [2.45, 2.75) is 0 Å². The predicted octanol–water partition coefficient (Wildman–Crippen LogP) is 1.66. The van der Waals surface area contributed by atoms with E-state index in [0.29, 0.717) is 5.75 Å². The maximum atomic E-state index is 5.40. The first kappa shape index (κ1) is 13.0. The molecule has 1 N–H and O–H groups in total. The van der Waals surface area contributed by atoms with Crippen LogP contribution >= 0.6 is 0 Å². The number of anilines is 1. The van der Waals surface area contributed by atoms with Crippen LogP contribution in [-0.4, -0.2) is 45.4 Å². The molecule has 1 aliphatic heterocycles. The Bertz CT molecular complexity index is 609. The Morgan fingerprint density at radius 2 is 1.80 bits per heavy atom. The van der Waals surface area contributed by atoms with Crippen LogP contribution in [0.5, 0.6) is 11.5 Å². The summed E-state index contributed by atoms with van der Waals surface area (Å²) < 4.78 is 10.7. The van der Waals surface area contributed by atoms with Crippen LogP contribution in [0.3, 0.4) is 0 Å². The van der Waals surface area contributed by atoms with Crippen LogP contribution in [0.2, 0.25) is 0 Å². The first-order chi connectivity index (χ1) is 9.83. The molecule has 20 heavy (non-hydrogen) atoms. The zero-order chi connectivity index (χ0) is 13.9. The van der Waals surface area contributed by atoms with Gasteiger partial charge in [-0.3, -0.25) is 4.98 Å². The topological polar surface area (TPSA) is 46.6 Å². The maximum Gasteiger partial charge on any atom is 0.162 e. The lowest BCUT2D eigenvalue weighted by molar-refractivity contribution is 0.356. The molecule has 1 aromatic heterocycles. The number of aromatic nitrogens is 1. The summed E-state index contributed by atoms with van der Waals surface area (Å²) in [6.45, 7) is 4.04. The summed E-state index contributed by atoms with van der Waals surface area (Å²) in [5, 5.41) is 4.48. The van der Waals surface area contributed by atoms with Gasteiger partial charge in [-0.1, -0.05) is 0 Å². The summed E-state index contributed by atoms with van der Waals surface area (Å²) in [5.41, 5.74) is 2.14. The second kappa shape index (κ2) is 5.54. The van der Waals surface area contributed by atoms with E-state index in [0.717, 1.165) is 42.8 Å². The first-order valence-electron chi connectivity index (χ1n) is 6.80. The van der Waals surface area contributed by atoms with E-state index in [9.17, 15) is 0 Å². The number of nitrogens with zero attached hydrogens (tertiary/aromatic N) is 2. The molecular formula is C15H19N3O2. The van der Waals surface area contributed by atoms with Gasteiger partial charge in [0, 0.05) is 49.5 Å². The first-order valence-corrected chi connectivity index (χ1v) is 6.80. The van der Waals surface area contributed by atoms with Crippen molar-refractivity contribution in [3.8, 4) is 11.5 Å². The highest BCUT2D eigenvalue weighted by Crippen LogP contribution is 2.35. The van der Waals surface area contributed by atoms with Crippen LogP contribution in [-0.2, 0) is 0 Å². The highest BCUT2D eigenvalue weighted by Gasteiger charge is 2.15. The number of rotatable bonds is 3. The SMILES string of the molecule is COc1cc2nccc(N3CCNCC3)c2cc1OC. The molecule has 0 radical (unpaired) electrons. The molecule has 3 rings (SSSR count). The predicted molar refractivity (Wildman–Crippen MR) is 79.9 cm³/mol. The molecule has 2 aromatic rings. The third-order valence-electron chi connectivity index (χ3n) is 3.68. The number of methoxy groups -OCH3 is 2. The Balaban J connectivity index is 2.12. The molecule has 0 unspecified atom stereocenters. The minimum atomic E-state index is 0.713. The Morgan fingerprint density at radius 1 is 1.10 bits per heavy atom. The number of ether oxygens (including phenoxy) is 2. The summed E-state index contributed by atoms with van der Waals surface area (Å²) >= 11 is 0. The molecule has 5 heteroatoms. The summed E-state index contributed by atoms with van der Waals surface area (Å²) in [6, 6.07) is 6.01. The molecule has 1 saturated heterocycles. The maximum absolute atomic E-state index is 5.40. The van der Waals surface area contributed by atoms with Gasteiger partial charge in [0.2, 0.25) is 0 Å². The van der Waals surface area contributed by atoms with Crippen molar-refractivity contribution in [1.29, 1.82) is 0 Å². The summed E-state index contributed by atoms with van der Waals surface area (Å²) in [5.74, 6) is 1.45. The van der Waals surface area contributed by atoms with E-state index in [-0.39, 0.29) is 0 Å². The molecule has 1 aromatic carbocycles. The fourth-order valence-corrected chi connectivity index (χ4v) is 2.64. The minimum Gasteiger partial charge on any atom is -0.493 e. The zero-order valence-corrected chi connectivity index (χ0v) is 11.8. The number of hydrogen-bond acceptors (Lipinski definition) is 5. The molecular weight excluding hydrogens is 254 g/mol. The Kier molecular flexibility index (Phi) is 3.60. The third-order valence-corrected chi connectivity index (χ3v) is 3.68. The molecule has 0 aliphatic carbocycles. The van der Waals surface area contributed by atoms with Crippen LogP contribution in [0.1, 0.15) is 0 Å². The van der Waals surface area contributed by atoms with Crippen molar-refractivity contribution in [3.63, 3.8) is 0 Å². The van der Waals surface area contributed by atoms with E-state index >= 15 is 0 Å². The number of nitrogens with one attached hydrogen (secondary N) is 1. The van der Waals surface area contributed by atoms with Gasteiger partial charge in [0.1, 0.15) is 0 Å². The molecule has 106 valence electrons. The van der Waals surface area contributed by atoms with E-state index in [4.69, 9.17) is 9.47 Å². The van der Waals surface area contributed by atoms with Crippen LogP contribution in [0, 0.1) is 0 Å². The van der Waals surface area contributed by atoms with Gasteiger partial charge >= 0.3 is 0 Å².